The van der Waals surface area contributed by atoms with Crippen LogP contribution in [0, 0.1) is 5.41 Å². The minimum Gasteiger partial charge on any atom is -0.303 e. The van der Waals surface area contributed by atoms with Gasteiger partial charge in [-0.3, -0.25) is 4.52 Å². The van der Waals surface area contributed by atoms with Crippen molar-refractivity contribution < 1.29 is 18.9 Å². The molecule has 0 aromatic heterocycles. The minimum atomic E-state index is -4.70. The van der Waals surface area contributed by atoms with Crippen LogP contribution in [0.5, 0.6) is 0 Å². The molecule has 0 fully saturated rings. The third-order valence-corrected chi connectivity index (χ3v) is 7.82. The van der Waals surface area contributed by atoms with Crippen molar-refractivity contribution in [3.8, 4) is 0 Å². The largest absolute Gasteiger partial charge is 0.471 e. The van der Waals surface area contributed by atoms with E-state index in [1.165, 1.54) is 0 Å². The van der Waals surface area contributed by atoms with Crippen LogP contribution >= 0.6 is 78.8 Å². The summed E-state index contributed by atoms with van der Waals surface area (Å²) in [7, 11) is -4.70. The molecule has 110 valence electrons. The first-order valence-electron chi connectivity index (χ1n) is 4.73. The van der Waals surface area contributed by atoms with E-state index in [9.17, 15) is 4.57 Å². The number of hydrogen-bond acceptors (Lipinski definition) is 2. The van der Waals surface area contributed by atoms with Crippen molar-refractivity contribution in [2.75, 3.05) is 0 Å². The molecular formula is C8H14Br3Cl2O4P. The van der Waals surface area contributed by atoms with Gasteiger partial charge >= 0.3 is 7.82 Å². The van der Waals surface area contributed by atoms with Crippen molar-refractivity contribution in [1.29, 1.82) is 0 Å². The Morgan fingerprint density at radius 3 is 1.94 bits per heavy atom. The predicted octanol–water partition coefficient (Wildman–Crippen LogP) is 4.91. The number of halogens is 5. The van der Waals surface area contributed by atoms with Gasteiger partial charge in [0.2, 0.25) is 3.42 Å². The van der Waals surface area contributed by atoms with Crippen molar-refractivity contribution in [1.82, 2.24) is 0 Å². The fourth-order valence-electron chi connectivity index (χ4n) is 1.25. The monoisotopic (exact) mass is 512 g/mol. The summed E-state index contributed by atoms with van der Waals surface area (Å²) in [5, 5.41) is 0. The van der Waals surface area contributed by atoms with E-state index in [2.05, 4.69) is 52.3 Å². The SMILES string of the molecule is CC(C)(C)CC(Cl)(Cl)C(Br)C(Br)(Br)OP(=O)(O)O. The molecule has 0 saturated heterocycles. The Morgan fingerprint density at radius 2 is 1.67 bits per heavy atom. The highest BCUT2D eigenvalue weighted by molar-refractivity contribution is 9.26. The molecular weight excluding hydrogens is 502 g/mol. The van der Waals surface area contributed by atoms with Crippen LogP contribution in [0.2, 0.25) is 0 Å². The van der Waals surface area contributed by atoms with Gasteiger partial charge in [-0.05, 0) is 43.7 Å². The number of alkyl halides is 5. The Balaban J connectivity index is 5.01. The van der Waals surface area contributed by atoms with E-state index in [0.717, 1.165) is 0 Å². The first-order valence-corrected chi connectivity index (χ1v) is 9.52. The highest BCUT2D eigenvalue weighted by atomic mass is 79.9. The van der Waals surface area contributed by atoms with Crippen molar-refractivity contribution >= 4 is 78.8 Å². The van der Waals surface area contributed by atoms with Crippen LogP contribution in [0.3, 0.4) is 0 Å². The van der Waals surface area contributed by atoms with E-state index in [1.54, 1.807) is 0 Å². The molecule has 0 bridgehead atoms. The van der Waals surface area contributed by atoms with Gasteiger partial charge in [-0.1, -0.05) is 36.7 Å². The maximum absolute atomic E-state index is 10.9. The molecule has 0 aromatic carbocycles. The third kappa shape index (κ3) is 7.79. The molecule has 4 nitrogen and oxygen atoms in total. The molecule has 0 amide bonds. The summed E-state index contributed by atoms with van der Waals surface area (Å²) in [6.45, 7) is 5.83. The number of hydrogen-bond donors (Lipinski definition) is 2. The maximum Gasteiger partial charge on any atom is 0.471 e. The van der Waals surface area contributed by atoms with Gasteiger partial charge in [0.25, 0.3) is 0 Å². The Morgan fingerprint density at radius 1 is 1.28 bits per heavy atom. The molecule has 0 heterocycles. The molecule has 0 aliphatic rings. The van der Waals surface area contributed by atoms with Gasteiger partial charge in [-0.25, -0.2) is 4.57 Å². The zero-order valence-corrected chi connectivity index (χ0v) is 17.0. The lowest BCUT2D eigenvalue weighted by molar-refractivity contribution is 0.165. The fourth-order valence-corrected chi connectivity index (χ4v) is 5.62. The fraction of sp³-hybridized carbons (Fsp3) is 1.00. The van der Waals surface area contributed by atoms with E-state index < -0.39 is 20.4 Å². The van der Waals surface area contributed by atoms with Gasteiger partial charge < -0.3 is 9.79 Å². The van der Waals surface area contributed by atoms with Gasteiger partial charge in [0.15, 0.2) is 0 Å². The highest BCUT2D eigenvalue weighted by Gasteiger charge is 2.50. The first-order chi connectivity index (χ1) is 7.57. The first kappa shape index (κ1) is 20.1. The van der Waals surface area contributed by atoms with Crippen LogP contribution in [0.15, 0.2) is 0 Å². The quantitative estimate of drug-likeness (QED) is 0.403. The van der Waals surface area contributed by atoms with Crippen LogP contribution < -0.4 is 0 Å². The van der Waals surface area contributed by atoms with E-state index in [1.807, 2.05) is 20.8 Å². The summed E-state index contributed by atoms with van der Waals surface area (Å²) in [6.07, 6.45) is 0.377. The van der Waals surface area contributed by atoms with Gasteiger partial charge in [0.1, 0.15) is 4.33 Å². The number of phosphoric ester groups is 1. The van der Waals surface area contributed by atoms with Crippen LogP contribution in [-0.2, 0) is 9.09 Å². The average molecular weight is 516 g/mol. The molecule has 18 heavy (non-hydrogen) atoms. The molecule has 0 radical (unpaired) electrons. The summed E-state index contributed by atoms with van der Waals surface area (Å²) in [4.78, 5) is 16.8. The molecule has 2 N–H and O–H groups in total. The third-order valence-electron chi connectivity index (χ3n) is 1.67. The second-order valence-electron chi connectivity index (χ2n) is 5.00. The lowest BCUT2D eigenvalue weighted by Gasteiger charge is -2.37. The van der Waals surface area contributed by atoms with E-state index >= 15 is 0 Å². The number of phosphoric acid groups is 1. The van der Waals surface area contributed by atoms with Crippen molar-refractivity contribution in [3.05, 3.63) is 0 Å². The van der Waals surface area contributed by atoms with Crippen LogP contribution in [0.4, 0.5) is 0 Å². The van der Waals surface area contributed by atoms with Crippen LogP contribution in [-0.4, -0.2) is 22.4 Å². The van der Waals surface area contributed by atoms with Gasteiger partial charge in [-0.15, -0.1) is 23.2 Å². The minimum absolute atomic E-state index is 0.173. The molecule has 0 saturated carbocycles. The Bertz CT molecular complexity index is 340. The van der Waals surface area contributed by atoms with Gasteiger partial charge in [-0.2, -0.15) is 0 Å². The predicted molar refractivity (Wildman–Crippen MR) is 84.9 cm³/mol. The van der Waals surface area contributed by atoms with E-state index in [0.29, 0.717) is 6.42 Å². The Labute approximate surface area is 142 Å². The Hall–Kier alpha value is 2.13. The standard InChI is InChI=1S/C8H14Br3Cl2O4P/c1-6(2,3)4-7(12,13)5(9)8(10,11)17-18(14,15)16/h5H,4H2,1-3H3,(H2,14,15,16). The second-order valence-corrected chi connectivity index (χ2v) is 12.0. The van der Waals surface area contributed by atoms with Crippen LogP contribution in [0.1, 0.15) is 27.2 Å². The maximum atomic E-state index is 10.9. The van der Waals surface area contributed by atoms with E-state index in [4.69, 9.17) is 33.0 Å². The highest BCUT2D eigenvalue weighted by Crippen LogP contribution is 2.55. The summed E-state index contributed by atoms with van der Waals surface area (Å²) in [5.74, 6) is 0. The molecule has 10 heteroatoms. The molecule has 1 atom stereocenters. The normalized spacial score (nSPS) is 16.8. The average Bonchev–Trinajstić information content (AvgIpc) is 1.92. The second kappa shape index (κ2) is 6.49. The van der Waals surface area contributed by atoms with Crippen molar-refractivity contribution in [2.45, 2.75) is 39.8 Å². The lowest BCUT2D eigenvalue weighted by Crippen LogP contribution is -2.42. The molecule has 0 aliphatic heterocycles. The summed E-state index contributed by atoms with van der Waals surface area (Å²) >= 11 is 21.6. The molecule has 0 aliphatic carbocycles. The zero-order valence-electron chi connectivity index (χ0n) is 9.83. The molecule has 1 unspecified atom stereocenters. The zero-order chi connectivity index (χ0) is 15.0. The van der Waals surface area contributed by atoms with Crippen molar-refractivity contribution in [3.63, 3.8) is 0 Å². The summed E-state index contributed by atoms with van der Waals surface area (Å²) in [5.41, 5.74) is -0.173. The van der Waals surface area contributed by atoms with E-state index in [-0.39, 0.29) is 5.41 Å². The number of rotatable bonds is 5. The molecule has 0 spiro atoms. The Kier molecular flexibility index (Phi) is 7.26. The van der Waals surface area contributed by atoms with Crippen molar-refractivity contribution in [2.24, 2.45) is 5.41 Å². The smallest absolute Gasteiger partial charge is 0.303 e. The van der Waals surface area contributed by atoms with Crippen LogP contribution in [0.25, 0.3) is 0 Å². The summed E-state index contributed by atoms with van der Waals surface area (Å²) in [6, 6.07) is 0. The van der Waals surface area contributed by atoms with Gasteiger partial charge in [0.05, 0.1) is 4.83 Å². The van der Waals surface area contributed by atoms with Gasteiger partial charge in [0, 0.05) is 0 Å². The summed E-state index contributed by atoms with van der Waals surface area (Å²) < 4.78 is 12.5. The lowest BCUT2D eigenvalue weighted by atomic mass is 9.89. The molecule has 0 rings (SSSR count). The topological polar surface area (TPSA) is 66.8 Å². The molecule has 0 aromatic rings.